The number of hydrogen-bond acceptors (Lipinski definition) is 3. The smallest absolute Gasteiger partial charge is 0.131 e. The monoisotopic (exact) mass is 374 g/mol. The summed E-state index contributed by atoms with van der Waals surface area (Å²) in [5.41, 5.74) is 0.638. The highest BCUT2D eigenvalue weighted by atomic mass is 35.5. The molecule has 1 N–H and O–H groups in total. The van der Waals surface area contributed by atoms with E-state index in [2.05, 4.69) is 23.7 Å². The van der Waals surface area contributed by atoms with Gasteiger partial charge < -0.3 is 5.11 Å². The van der Waals surface area contributed by atoms with E-state index < -0.39 is 5.60 Å². The second-order valence-electron chi connectivity index (χ2n) is 7.41. The number of halogens is 1. The molecule has 0 amide bonds. The molecule has 0 bridgehead atoms. The molecule has 3 nitrogen and oxygen atoms in total. The van der Waals surface area contributed by atoms with Gasteiger partial charge in [-0.2, -0.15) is 0 Å². The first-order valence-electron chi connectivity index (χ1n) is 9.56. The molecule has 4 heteroatoms. The largest absolute Gasteiger partial charge is 0.379 e. The van der Waals surface area contributed by atoms with Gasteiger partial charge in [0.15, 0.2) is 0 Å². The highest BCUT2D eigenvalue weighted by molar-refractivity contribution is 5.85. The van der Waals surface area contributed by atoms with Gasteiger partial charge in [0.2, 0.25) is 0 Å². The van der Waals surface area contributed by atoms with Crippen molar-refractivity contribution in [3.63, 3.8) is 0 Å². The van der Waals surface area contributed by atoms with Gasteiger partial charge in [0.1, 0.15) is 5.60 Å². The molecular formula is C22H31ClN2O. The maximum atomic E-state index is 11.5. The van der Waals surface area contributed by atoms with Crippen LogP contribution in [0.15, 0.2) is 54.7 Å². The van der Waals surface area contributed by atoms with Crippen LogP contribution in [0.4, 0.5) is 0 Å². The molecule has 0 aliphatic carbocycles. The van der Waals surface area contributed by atoms with E-state index >= 15 is 0 Å². The van der Waals surface area contributed by atoms with E-state index in [0.717, 1.165) is 24.2 Å². The Bertz CT molecular complexity index is 600. The fraction of sp³-hybridized carbons (Fsp3) is 0.500. The van der Waals surface area contributed by atoms with Gasteiger partial charge in [-0.1, -0.05) is 42.8 Å². The van der Waals surface area contributed by atoms with E-state index in [9.17, 15) is 5.11 Å². The van der Waals surface area contributed by atoms with E-state index in [1.54, 1.807) is 6.20 Å². The maximum absolute atomic E-state index is 11.5. The summed E-state index contributed by atoms with van der Waals surface area (Å²) >= 11 is 0. The SMILES string of the molecule is C[C@@H]1CCC[C@@H](C)N1CCCC(O)(c1ccccc1)c1ccccn1.Cl. The van der Waals surface area contributed by atoms with Crippen LogP contribution in [0.5, 0.6) is 0 Å². The molecule has 0 radical (unpaired) electrons. The molecule has 2 heterocycles. The maximum Gasteiger partial charge on any atom is 0.131 e. The number of hydrogen-bond donors (Lipinski definition) is 1. The van der Waals surface area contributed by atoms with Crippen molar-refractivity contribution in [2.75, 3.05) is 6.54 Å². The third kappa shape index (κ3) is 4.64. The summed E-state index contributed by atoms with van der Waals surface area (Å²) in [5, 5.41) is 11.5. The first-order chi connectivity index (χ1) is 12.1. The molecule has 2 aromatic rings. The van der Waals surface area contributed by atoms with Crippen LogP contribution in [-0.4, -0.2) is 33.6 Å². The molecule has 1 saturated heterocycles. The Balaban J connectivity index is 0.00000243. The van der Waals surface area contributed by atoms with Crippen molar-refractivity contribution in [3.05, 3.63) is 66.0 Å². The summed E-state index contributed by atoms with van der Waals surface area (Å²) in [4.78, 5) is 7.06. The number of piperidine rings is 1. The fourth-order valence-electron chi connectivity index (χ4n) is 4.17. The zero-order chi connectivity index (χ0) is 17.7. The van der Waals surface area contributed by atoms with Crippen molar-refractivity contribution >= 4 is 12.4 Å². The average molecular weight is 375 g/mol. The Labute approximate surface area is 163 Å². The molecule has 3 atom stereocenters. The van der Waals surface area contributed by atoms with Crippen molar-refractivity contribution in [3.8, 4) is 0 Å². The summed E-state index contributed by atoms with van der Waals surface area (Å²) in [5.74, 6) is 0. The predicted octanol–water partition coefficient (Wildman–Crippen LogP) is 4.78. The third-order valence-electron chi connectivity index (χ3n) is 5.67. The molecule has 142 valence electrons. The number of pyridine rings is 1. The Hall–Kier alpha value is -1.42. The van der Waals surface area contributed by atoms with Gasteiger partial charge in [-0.3, -0.25) is 9.88 Å². The zero-order valence-corrected chi connectivity index (χ0v) is 16.7. The van der Waals surface area contributed by atoms with Crippen molar-refractivity contribution in [1.29, 1.82) is 0 Å². The second kappa shape index (κ2) is 9.50. The Morgan fingerprint density at radius 3 is 2.31 bits per heavy atom. The molecule has 1 unspecified atom stereocenters. The Kier molecular flexibility index (Phi) is 7.63. The Morgan fingerprint density at radius 1 is 1.04 bits per heavy atom. The second-order valence-corrected chi connectivity index (χ2v) is 7.41. The summed E-state index contributed by atoms with van der Waals surface area (Å²) in [6.07, 6.45) is 7.31. The number of aliphatic hydroxyl groups is 1. The first-order valence-corrected chi connectivity index (χ1v) is 9.56. The lowest BCUT2D eigenvalue weighted by atomic mass is 9.85. The van der Waals surface area contributed by atoms with Crippen molar-refractivity contribution in [2.45, 2.75) is 63.6 Å². The number of nitrogens with zero attached hydrogens (tertiary/aromatic N) is 2. The molecule has 1 aromatic heterocycles. The molecule has 1 aliphatic rings. The summed E-state index contributed by atoms with van der Waals surface area (Å²) < 4.78 is 0. The molecule has 3 rings (SSSR count). The van der Waals surface area contributed by atoms with Crippen LogP contribution < -0.4 is 0 Å². The van der Waals surface area contributed by atoms with Gasteiger partial charge in [0, 0.05) is 18.3 Å². The minimum absolute atomic E-state index is 0. The van der Waals surface area contributed by atoms with Crippen LogP contribution in [0.2, 0.25) is 0 Å². The Morgan fingerprint density at radius 2 is 1.69 bits per heavy atom. The van der Waals surface area contributed by atoms with Gasteiger partial charge in [0.25, 0.3) is 0 Å². The van der Waals surface area contributed by atoms with Crippen molar-refractivity contribution < 1.29 is 5.11 Å². The molecule has 0 saturated carbocycles. The van der Waals surface area contributed by atoms with Gasteiger partial charge in [-0.15, -0.1) is 12.4 Å². The van der Waals surface area contributed by atoms with E-state index in [-0.39, 0.29) is 12.4 Å². The minimum Gasteiger partial charge on any atom is -0.379 e. The van der Waals surface area contributed by atoms with Crippen LogP contribution in [0.25, 0.3) is 0 Å². The fourth-order valence-corrected chi connectivity index (χ4v) is 4.17. The number of benzene rings is 1. The van der Waals surface area contributed by atoms with Gasteiger partial charge in [0.05, 0.1) is 5.69 Å². The lowest BCUT2D eigenvalue weighted by Gasteiger charge is -2.39. The van der Waals surface area contributed by atoms with Crippen LogP contribution in [-0.2, 0) is 5.60 Å². The van der Waals surface area contributed by atoms with Gasteiger partial charge in [-0.05, 0) is 63.8 Å². The molecule has 26 heavy (non-hydrogen) atoms. The van der Waals surface area contributed by atoms with E-state index in [1.165, 1.54) is 19.3 Å². The standard InChI is InChI=1S/C22H30N2O.ClH/c1-18-10-8-11-19(2)24(18)17-9-15-22(25,20-12-4-3-5-13-20)21-14-6-7-16-23-21;/h3-7,12-14,16,18-19,25H,8-11,15,17H2,1-2H3;1H/t18-,19-,22?;/m1./s1. The normalized spacial score (nSPS) is 23.0. The van der Waals surface area contributed by atoms with Crippen LogP contribution >= 0.6 is 12.4 Å². The number of likely N-dealkylation sites (tertiary alicyclic amines) is 1. The quantitative estimate of drug-likeness (QED) is 0.790. The number of aromatic nitrogens is 1. The van der Waals surface area contributed by atoms with Crippen molar-refractivity contribution in [1.82, 2.24) is 9.88 Å². The van der Waals surface area contributed by atoms with E-state index in [0.29, 0.717) is 18.5 Å². The molecule has 0 spiro atoms. The average Bonchev–Trinajstić information content (AvgIpc) is 2.65. The predicted molar refractivity (Wildman–Crippen MR) is 110 cm³/mol. The van der Waals surface area contributed by atoms with Gasteiger partial charge in [-0.25, -0.2) is 0 Å². The zero-order valence-electron chi connectivity index (χ0n) is 15.8. The van der Waals surface area contributed by atoms with Crippen LogP contribution in [0, 0.1) is 0 Å². The van der Waals surface area contributed by atoms with Crippen molar-refractivity contribution in [2.24, 2.45) is 0 Å². The van der Waals surface area contributed by atoms with Gasteiger partial charge >= 0.3 is 0 Å². The summed E-state index contributed by atoms with van der Waals surface area (Å²) in [7, 11) is 0. The molecule has 1 aromatic carbocycles. The third-order valence-corrected chi connectivity index (χ3v) is 5.67. The molecule has 1 aliphatic heterocycles. The topological polar surface area (TPSA) is 36.4 Å². The first kappa shape index (κ1) is 20.9. The van der Waals surface area contributed by atoms with Crippen LogP contribution in [0.3, 0.4) is 0 Å². The molecule has 1 fully saturated rings. The number of rotatable bonds is 6. The minimum atomic E-state index is -1.02. The lowest BCUT2D eigenvalue weighted by molar-refractivity contribution is 0.0489. The van der Waals surface area contributed by atoms with E-state index in [4.69, 9.17) is 0 Å². The highest BCUT2D eigenvalue weighted by Crippen LogP contribution is 2.33. The lowest BCUT2D eigenvalue weighted by Crippen LogP contribution is -2.44. The highest BCUT2D eigenvalue weighted by Gasteiger charge is 2.33. The van der Waals surface area contributed by atoms with E-state index in [1.807, 2.05) is 48.5 Å². The summed E-state index contributed by atoms with van der Waals surface area (Å²) in [6, 6.07) is 17.0. The molecular weight excluding hydrogens is 344 g/mol. The summed E-state index contributed by atoms with van der Waals surface area (Å²) in [6.45, 7) is 5.69. The van der Waals surface area contributed by atoms with Crippen LogP contribution in [0.1, 0.15) is 57.2 Å².